The maximum Gasteiger partial charge on any atom is 0.222 e. The number of aromatic nitrogens is 5. The highest BCUT2D eigenvalue weighted by Gasteiger charge is 2.25. The predicted octanol–water partition coefficient (Wildman–Crippen LogP) is 3.92. The van der Waals surface area contributed by atoms with Crippen LogP contribution in [0.2, 0.25) is 5.28 Å². The van der Waals surface area contributed by atoms with E-state index in [1.807, 2.05) is 12.1 Å². The van der Waals surface area contributed by atoms with Crippen LogP contribution in [0.1, 0.15) is 47.7 Å². The molecule has 8 nitrogen and oxygen atoms in total. The maximum absolute atomic E-state index is 12.3. The predicted molar refractivity (Wildman–Crippen MR) is 124 cm³/mol. The summed E-state index contributed by atoms with van der Waals surface area (Å²) in [6.07, 6.45) is 8.93. The number of fused-ring (bicyclic) bond motifs is 1. The van der Waals surface area contributed by atoms with Gasteiger partial charge in [0.1, 0.15) is 23.6 Å². The van der Waals surface area contributed by atoms with Crippen LogP contribution in [0.5, 0.6) is 0 Å². The van der Waals surface area contributed by atoms with Crippen LogP contribution in [0, 0.1) is 5.92 Å². The number of ketones is 1. The Kier molecular flexibility index (Phi) is 6.48. The van der Waals surface area contributed by atoms with Gasteiger partial charge in [0.15, 0.2) is 5.65 Å². The van der Waals surface area contributed by atoms with Crippen LogP contribution < -0.4 is 0 Å². The largest absolute Gasteiger partial charge is 0.376 e. The fourth-order valence-corrected chi connectivity index (χ4v) is 4.61. The molecule has 172 valence electrons. The van der Waals surface area contributed by atoms with Gasteiger partial charge in [-0.05, 0) is 67.0 Å². The standard InChI is InChI=1S/C24H26ClN5O3/c1-32-14-21(31)19-6-7-20-23(28-19)30(13-17-9-11-33-17)22(27-20)12-15-2-4-16(5-3-15)18-8-10-26-24(25)29-18/h4,6-8,10,15,17H,2-3,5,9,11-14H2,1H3/t15?,17-/m0/s1. The zero-order chi connectivity index (χ0) is 22.8. The van der Waals surface area contributed by atoms with Gasteiger partial charge in [-0.3, -0.25) is 4.79 Å². The third-order valence-corrected chi connectivity index (χ3v) is 6.54. The number of methoxy groups -OCH3 is 1. The lowest BCUT2D eigenvalue weighted by Gasteiger charge is -2.28. The van der Waals surface area contributed by atoms with Crippen LogP contribution in [0.25, 0.3) is 16.7 Å². The quantitative estimate of drug-likeness (QED) is 0.366. The first-order valence-electron chi connectivity index (χ1n) is 11.3. The fourth-order valence-electron chi connectivity index (χ4n) is 4.47. The van der Waals surface area contributed by atoms with Crippen molar-refractivity contribution in [1.29, 1.82) is 0 Å². The van der Waals surface area contributed by atoms with E-state index in [0.29, 0.717) is 18.2 Å². The number of hydrogen-bond acceptors (Lipinski definition) is 7. The zero-order valence-corrected chi connectivity index (χ0v) is 19.3. The summed E-state index contributed by atoms with van der Waals surface area (Å²) >= 11 is 5.96. The second-order valence-electron chi connectivity index (χ2n) is 8.60. The van der Waals surface area contributed by atoms with Crippen molar-refractivity contribution in [2.24, 2.45) is 5.92 Å². The van der Waals surface area contributed by atoms with E-state index in [4.69, 9.17) is 26.1 Å². The Hall–Kier alpha value is -2.68. The number of carbonyl (C=O) groups is 1. The number of halogens is 1. The van der Waals surface area contributed by atoms with Gasteiger partial charge >= 0.3 is 0 Å². The molecular formula is C24H26ClN5O3. The lowest BCUT2D eigenvalue weighted by molar-refractivity contribution is -0.0591. The Labute approximate surface area is 197 Å². The van der Waals surface area contributed by atoms with Gasteiger partial charge in [-0.1, -0.05) is 6.08 Å². The Morgan fingerprint density at radius 1 is 1.24 bits per heavy atom. The SMILES string of the molecule is COCC(=O)c1ccc2nc(CC3CC=C(c4ccnc(Cl)n4)CC3)n(C[C@@H]3CCO3)c2n1. The molecule has 0 spiro atoms. The summed E-state index contributed by atoms with van der Waals surface area (Å²) in [5.74, 6) is 1.33. The van der Waals surface area contributed by atoms with E-state index in [9.17, 15) is 4.79 Å². The lowest BCUT2D eigenvalue weighted by atomic mass is 9.86. The summed E-state index contributed by atoms with van der Waals surface area (Å²) in [5, 5.41) is 0.276. The van der Waals surface area contributed by atoms with Crippen LogP contribution in [-0.2, 0) is 22.4 Å². The van der Waals surface area contributed by atoms with Gasteiger partial charge in [-0.25, -0.2) is 19.9 Å². The molecule has 33 heavy (non-hydrogen) atoms. The summed E-state index contributed by atoms with van der Waals surface area (Å²) in [6.45, 7) is 1.51. The van der Waals surface area contributed by atoms with Gasteiger partial charge in [0.25, 0.3) is 0 Å². The molecule has 0 bridgehead atoms. The molecule has 0 radical (unpaired) electrons. The van der Waals surface area contributed by atoms with Gasteiger partial charge in [-0.2, -0.15) is 0 Å². The number of imidazole rings is 1. The first-order chi connectivity index (χ1) is 16.1. The smallest absolute Gasteiger partial charge is 0.222 e. The van der Waals surface area contributed by atoms with Gasteiger partial charge in [-0.15, -0.1) is 0 Å². The van der Waals surface area contributed by atoms with Crippen molar-refractivity contribution in [2.75, 3.05) is 20.3 Å². The molecule has 0 amide bonds. The summed E-state index contributed by atoms with van der Waals surface area (Å²) in [7, 11) is 1.51. The second kappa shape index (κ2) is 9.67. The van der Waals surface area contributed by atoms with Crippen molar-refractivity contribution >= 4 is 34.1 Å². The van der Waals surface area contributed by atoms with E-state index in [1.54, 1.807) is 12.3 Å². The third-order valence-electron chi connectivity index (χ3n) is 6.36. The molecule has 1 aliphatic heterocycles. The van der Waals surface area contributed by atoms with Crippen molar-refractivity contribution in [3.63, 3.8) is 0 Å². The Balaban J connectivity index is 1.39. The van der Waals surface area contributed by atoms with Gasteiger partial charge in [0.2, 0.25) is 11.1 Å². The number of allylic oxidation sites excluding steroid dienone is 2. The zero-order valence-electron chi connectivity index (χ0n) is 18.5. The van der Waals surface area contributed by atoms with Gasteiger partial charge in [0, 0.05) is 26.3 Å². The van der Waals surface area contributed by atoms with Gasteiger partial charge in [0.05, 0.1) is 18.3 Å². The number of pyridine rings is 1. The van der Waals surface area contributed by atoms with E-state index >= 15 is 0 Å². The molecule has 0 saturated carbocycles. The van der Waals surface area contributed by atoms with Crippen LogP contribution in [-0.4, -0.2) is 56.7 Å². The van der Waals surface area contributed by atoms with Crippen molar-refractivity contribution in [3.05, 3.63) is 53.0 Å². The lowest BCUT2D eigenvalue weighted by Crippen LogP contribution is -2.32. The first-order valence-corrected chi connectivity index (χ1v) is 11.7. The van der Waals surface area contributed by atoms with Crippen molar-refractivity contribution < 1.29 is 14.3 Å². The second-order valence-corrected chi connectivity index (χ2v) is 8.94. The highest BCUT2D eigenvalue weighted by atomic mass is 35.5. The molecule has 1 unspecified atom stereocenters. The maximum atomic E-state index is 12.3. The molecule has 2 aliphatic rings. The molecule has 0 aromatic carbocycles. The minimum atomic E-state index is -0.136. The molecule has 9 heteroatoms. The first kappa shape index (κ1) is 22.1. The molecule has 1 saturated heterocycles. The number of nitrogens with zero attached hydrogens (tertiary/aromatic N) is 5. The van der Waals surface area contributed by atoms with Crippen LogP contribution in [0.4, 0.5) is 0 Å². The molecule has 5 rings (SSSR count). The minimum absolute atomic E-state index is 0.0134. The van der Waals surface area contributed by atoms with Gasteiger partial charge < -0.3 is 14.0 Å². The fraction of sp³-hybridized carbons (Fsp3) is 0.458. The summed E-state index contributed by atoms with van der Waals surface area (Å²) in [6, 6.07) is 5.52. The molecule has 1 aliphatic carbocycles. The molecule has 1 fully saturated rings. The Bertz CT molecular complexity index is 1200. The molecule has 3 aromatic heterocycles. The van der Waals surface area contributed by atoms with Crippen molar-refractivity contribution in [1.82, 2.24) is 24.5 Å². The molecule has 3 aromatic rings. The number of ether oxygens (including phenoxy) is 2. The van der Waals surface area contributed by atoms with E-state index in [2.05, 4.69) is 25.6 Å². The Morgan fingerprint density at radius 3 is 2.82 bits per heavy atom. The topological polar surface area (TPSA) is 92.0 Å². The van der Waals surface area contributed by atoms with Crippen LogP contribution >= 0.6 is 11.6 Å². The normalized spacial score (nSPS) is 20.5. The van der Waals surface area contributed by atoms with Crippen molar-refractivity contribution in [2.45, 2.75) is 44.8 Å². The minimum Gasteiger partial charge on any atom is -0.376 e. The molecular weight excluding hydrogens is 442 g/mol. The third kappa shape index (κ3) is 4.83. The summed E-state index contributed by atoms with van der Waals surface area (Å²) in [4.78, 5) is 30.2. The van der Waals surface area contributed by atoms with Crippen LogP contribution in [0.15, 0.2) is 30.5 Å². The van der Waals surface area contributed by atoms with E-state index in [1.165, 1.54) is 12.7 Å². The van der Waals surface area contributed by atoms with E-state index in [0.717, 1.165) is 61.4 Å². The van der Waals surface area contributed by atoms with Crippen molar-refractivity contribution in [3.8, 4) is 0 Å². The number of rotatable bonds is 8. The number of hydrogen-bond donors (Lipinski definition) is 0. The van der Waals surface area contributed by atoms with Crippen LogP contribution in [0.3, 0.4) is 0 Å². The average Bonchev–Trinajstić information content (AvgIpc) is 3.13. The monoisotopic (exact) mass is 467 g/mol. The highest BCUT2D eigenvalue weighted by Crippen LogP contribution is 2.32. The highest BCUT2D eigenvalue weighted by molar-refractivity contribution is 6.28. The molecule has 4 heterocycles. The summed E-state index contributed by atoms with van der Waals surface area (Å²) in [5.41, 5.74) is 4.07. The molecule has 2 atom stereocenters. The number of carbonyl (C=O) groups excluding carboxylic acids is 1. The van der Waals surface area contributed by atoms with E-state index < -0.39 is 0 Å². The number of Topliss-reactive ketones (excluding diaryl/α,β-unsaturated/α-hetero) is 1. The van der Waals surface area contributed by atoms with E-state index in [-0.39, 0.29) is 23.8 Å². The average molecular weight is 468 g/mol. The summed E-state index contributed by atoms with van der Waals surface area (Å²) < 4.78 is 12.8. The molecule has 0 N–H and O–H groups in total. The Morgan fingerprint density at radius 2 is 2.12 bits per heavy atom.